The summed E-state index contributed by atoms with van der Waals surface area (Å²) in [5, 5.41) is 4.89. The zero-order chi connectivity index (χ0) is 17.9. The first-order chi connectivity index (χ1) is 11.3. The SMILES string of the molecule is CC(=O)C[C@@H](C=O)NC(=O)[C@@H]1CCCN2C(=O)CC[C@H](N)C(=O)N12. The van der Waals surface area contributed by atoms with Crippen molar-refractivity contribution in [3.05, 3.63) is 0 Å². The lowest BCUT2D eigenvalue weighted by Gasteiger charge is -2.42. The topological polar surface area (TPSA) is 130 Å². The van der Waals surface area contributed by atoms with Crippen LogP contribution in [0.4, 0.5) is 0 Å². The molecule has 0 bridgehead atoms. The standard InChI is InChI=1S/C15H22N4O5/c1-9(21)7-10(8-20)17-14(23)12-3-2-6-18-13(22)5-4-11(16)15(24)19(12)18/h8,10-12H,2-7,16H2,1H3,(H,17,23)/t10-,11-,12-/m0/s1. The fraction of sp³-hybridized carbons (Fsp3) is 0.667. The number of fused-ring (bicyclic) bond motifs is 1. The summed E-state index contributed by atoms with van der Waals surface area (Å²) in [7, 11) is 0. The van der Waals surface area contributed by atoms with Crippen LogP contribution >= 0.6 is 0 Å². The van der Waals surface area contributed by atoms with Gasteiger partial charge < -0.3 is 15.8 Å². The number of hydrazine groups is 1. The van der Waals surface area contributed by atoms with Gasteiger partial charge in [0.1, 0.15) is 18.1 Å². The van der Waals surface area contributed by atoms with E-state index in [0.29, 0.717) is 25.7 Å². The molecule has 9 heteroatoms. The summed E-state index contributed by atoms with van der Waals surface area (Å²) in [5.41, 5.74) is 5.80. The van der Waals surface area contributed by atoms with Crippen molar-refractivity contribution in [2.24, 2.45) is 5.73 Å². The summed E-state index contributed by atoms with van der Waals surface area (Å²) >= 11 is 0. The molecule has 2 fully saturated rings. The van der Waals surface area contributed by atoms with Crippen LogP contribution in [0.15, 0.2) is 0 Å². The van der Waals surface area contributed by atoms with E-state index < -0.39 is 29.9 Å². The summed E-state index contributed by atoms with van der Waals surface area (Å²) in [6.45, 7) is 1.67. The number of hydrogen-bond donors (Lipinski definition) is 2. The molecule has 9 nitrogen and oxygen atoms in total. The molecule has 0 aliphatic carbocycles. The van der Waals surface area contributed by atoms with E-state index in [0.717, 1.165) is 5.01 Å². The highest BCUT2D eigenvalue weighted by Crippen LogP contribution is 2.24. The van der Waals surface area contributed by atoms with Crippen LogP contribution in [0.2, 0.25) is 0 Å². The van der Waals surface area contributed by atoms with E-state index in [1.807, 2.05) is 0 Å². The third kappa shape index (κ3) is 3.78. The second-order valence-electron chi connectivity index (χ2n) is 6.16. The minimum Gasteiger partial charge on any atom is -0.344 e. The molecule has 3 N–H and O–H groups in total. The van der Waals surface area contributed by atoms with Crippen LogP contribution in [-0.2, 0) is 24.0 Å². The number of carbonyl (C=O) groups excluding carboxylic acids is 5. The first-order valence-electron chi connectivity index (χ1n) is 7.99. The number of Topliss-reactive ketones (excluding diaryl/α,β-unsaturated/α-hetero) is 1. The predicted octanol–water partition coefficient (Wildman–Crippen LogP) is -1.50. The summed E-state index contributed by atoms with van der Waals surface area (Å²) in [6, 6.07) is -2.70. The van der Waals surface area contributed by atoms with Crippen LogP contribution in [0.25, 0.3) is 0 Å². The van der Waals surface area contributed by atoms with Gasteiger partial charge in [0.2, 0.25) is 11.8 Å². The maximum absolute atomic E-state index is 12.5. The maximum atomic E-state index is 12.5. The smallest absolute Gasteiger partial charge is 0.258 e. The van der Waals surface area contributed by atoms with Crippen LogP contribution in [-0.4, -0.2) is 64.5 Å². The van der Waals surface area contributed by atoms with Gasteiger partial charge in [-0.3, -0.25) is 24.2 Å². The minimum absolute atomic E-state index is 0.113. The molecular formula is C15H22N4O5. The van der Waals surface area contributed by atoms with Crippen molar-refractivity contribution >= 4 is 29.8 Å². The Bertz CT molecular complexity index is 564. The van der Waals surface area contributed by atoms with Crippen molar-refractivity contribution in [3.63, 3.8) is 0 Å². The first-order valence-corrected chi connectivity index (χ1v) is 7.99. The van der Waals surface area contributed by atoms with Crippen molar-refractivity contribution in [2.75, 3.05) is 6.54 Å². The number of aldehydes is 1. The minimum atomic E-state index is -0.947. The Labute approximate surface area is 139 Å². The van der Waals surface area contributed by atoms with Gasteiger partial charge in [-0.1, -0.05) is 0 Å². The van der Waals surface area contributed by atoms with Crippen molar-refractivity contribution in [3.8, 4) is 0 Å². The van der Waals surface area contributed by atoms with Crippen LogP contribution < -0.4 is 11.1 Å². The Morgan fingerprint density at radius 3 is 2.71 bits per heavy atom. The van der Waals surface area contributed by atoms with E-state index in [1.54, 1.807) is 0 Å². The molecule has 2 heterocycles. The number of nitrogens with zero attached hydrogens (tertiary/aromatic N) is 2. The molecule has 2 aliphatic heterocycles. The second kappa shape index (κ2) is 7.52. The molecule has 0 unspecified atom stereocenters. The monoisotopic (exact) mass is 338 g/mol. The van der Waals surface area contributed by atoms with Gasteiger partial charge in [-0.15, -0.1) is 0 Å². The molecule has 3 amide bonds. The molecule has 3 atom stereocenters. The Hall–Kier alpha value is -2.29. The summed E-state index contributed by atoms with van der Waals surface area (Å²) in [5.74, 6) is -1.52. The molecule has 0 aromatic heterocycles. The first kappa shape index (κ1) is 18.1. The van der Waals surface area contributed by atoms with Crippen LogP contribution in [0.3, 0.4) is 0 Å². The lowest BCUT2D eigenvalue weighted by molar-refractivity contribution is -0.175. The average molecular weight is 338 g/mol. The Balaban J connectivity index is 2.19. The third-order valence-electron chi connectivity index (χ3n) is 4.20. The molecule has 0 spiro atoms. The van der Waals surface area contributed by atoms with Gasteiger partial charge in [0.05, 0.1) is 12.1 Å². The summed E-state index contributed by atoms with van der Waals surface area (Å²) in [6.07, 6.45) is 1.68. The van der Waals surface area contributed by atoms with Crippen LogP contribution in [0.1, 0.15) is 39.0 Å². The molecule has 132 valence electrons. The van der Waals surface area contributed by atoms with Gasteiger partial charge in [-0.05, 0) is 26.2 Å². The van der Waals surface area contributed by atoms with Gasteiger partial charge in [0.25, 0.3) is 5.91 Å². The summed E-state index contributed by atoms with van der Waals surface area (Å²) < 4.78 is 0. The third-order valence-corrected chi connectivity index (χ3v) is 4.20. The van der Waals surface area contributed by atoms with Gasteiger partial charge in [0, 0.05) is 19.4 Å². The number of rotatable bonds is 5. The van der Waals surface area contributed by atoms with Crippen molar-refractivity contribution in [1.29, 1.82) is 0 Å². The Morgan fingerprint density at radius 1 is 1.38 bits per heavy atom. The molecule has 2 aliphatic rings. The van der Waals surface area contributed by atoms with Gasteiger partial charge in [-0.2, -0.15) is 0 Å². The number of nitrogens with one attached hydrogen (secondary N) is 1. The quantitative estimate of drug-likeness (QED) is 0.587. The number of carbonyl (C=O) groups is 5. The summed E-state index contributed by atoms with van der Waals surface area (Å²) in [4.78, 5) is 59.3. The molecule has 2 rings (SSSR count). The van der Waals surface area contributed by atoms with Crippen molar-refractivity contribution in [1.82, 2.24) is 15.3 Å². The lowest BCUT2D eigenvalue weighted by Crippen LogP contribution is -2.63. The van der Waals surface area contributed by atoms with Gasteiger partial charge >= 0.3 is 0 Å². The highest BCUT2D eigenvalue weighted by atomic mass is 16.2. The number of ketones is 1. The highest BCUT2D eigenvalue weighted by Gasteiger charge is 2.43. The molecule has 0 saturated carbocycles. The average Bonchev–Trinajstić information content (AvgIpc) is 2.66. The van der Waals surface area contributed by atoms with E-state index in [-0.39, 0.29) is 31.0 Å². The van der Waals surface area contributed by atoms with Gasteiger partial charge in [-0.25, -0.2) is 5.01 Å². The normalized spacial score (nSPS) is 25.6. The molecular weight excluding hydrogens is 316 g/mol. The van der Waals surface area contributed by atoms with E-state index in [2.05, 4.69) is 5.32 Å². The molecule has 2 saturated heterocycles. The van der Waals surface area contributed by atoms with Crippen molar-refractivity contribution < 1.29 is 24.0 Å². The highest BCUT2D eigenvalue weighted by molar-refractivity contribution is 5.94. The van der Waals surface area contributed by atoms with Crippen molar-refractivity contribution in [2.45, 2.75) is 57.2 Å². The number of amides is 3. The Morgan fingerprint density at radius 2 is 2.08 bits per heavy atom. The van der Waals surface area contributed by atoms with E-state index in [9.17, 15) is 24.0 Å². The Kier molecular flexibility index (Phi) is 5.66. The van der Waals surface area contributed by atoms with E-state index in [1.165, 1.54) is 11.9 Å². The largest absolute Gasteiger partial charge is 0.344 e. The van der Waals surface area contributed by atoms with Gasteiger partial charge in [0.15, 0.2) is 0 Å². The molecule has 0 aromatic rings. The number of nitrogens with two attached hydrogens (primary N) is 1. The second-order valence-corrected chi connectivity index (χ2v) is 6.16. The molecule has 24 heavy (non-hydrogen) atoms. The van der Waals surface area contributed by atoms with Crippen LogP contribution in [0.5, 0.6) is 0 Å². The fourth-order valence-corrected chi connectivity index (χ4v) is 3.02. The zero-order valence-electron chi connectivity index (χ0n) is 13.6. The molecule has 0 radical (unpaired) electrons. The number of hydrogen-bond acceptors (Lipinski definition) is 6. The van der Waals surface area contributed by atoms with Crippen LogP contribution in [0, 0.1) is 0 Å². The lowest BCUT2D eigenvalue weighted by atomic mass is 10.0. The predicted molar refractivity (Wildman–Crippen MR) is 82.1 cm³/mol. The van der Waals surface area contributed by atoms with E-state index in [4.69, 9.17) is 5.73 Å². The molecule has 0 aromatic carbocycles. The zero-order valence-corrected chi connectivity index (χ0v) is 13.6. The fourth-order valence-electron chi connectivity index (χ4n) is 3.02. The van der Waals surface area contributed by atoms with E-state index >= 15 is 0 Å². The maximum Gasteiger partial charge on any atom is 0.258 e.